The molecule has 4 N–H and O–H groups in total. The van der Waals surface area contributed by atoms with Crippen molar-refractivity contribution in [2.75, 3.05) is 39.6 Å². The molecule has 0 fully saturated rings. The van der Waals surface area contributed by atoms with Crippen molar-refractivity contribution in [3.8, 4) is 0 Å². The molecule has 0 aliphatic carbocycles. The van der Waals surface area contributed by atoms with E-state index in [9.17, 15) is 43.5 Å². The van der Waals surface area contributed by atoms with Crippen molar-refractivity contribution in [3.63, 3.8) is 0 Å². The maximum Gasteiger partial charge on any atom is 0.472 e. The van der Waals surface area contributed by atoms with Gasteiger partial charge in [0.15, 0.2) is 6.10 Å². The van der Waals surface area contributed by atoms with Crippen molar-refractivity contribution in [2.24, 2.45) is 0 Å². The Morgan fingerprint density at radius 1 is 0.349 bits per heavy atom. The number of allylic oxidation sites excluding steroid dienone is 12. The van der Waals surface area contributed by atoms with Gasteiger partial charge in [-0.05, 0) is 83.5 Å². The number of aliphatic hydroxyl groups is 2. The van der Waals surface area contributed by atoms with Gasteiger partial charge in [-0.1, -0.05) is 235 Å². The third-order valence-electron chi connectivity index (χ3n) is 13.4. The van der Waals surface area contributed by atoms with Crippen molar-refractivity contribution in [1.29, 1.82) is 0 Å². The summed E-state index contributed by atoms with van der Waals surface area (Å²) >= 11 is 0. The zero-order chi connectivity index (χ0) is 61.0. The van der Waals surface area contributed by atoms with Crippen LogP contribution in [0.2, 0.25) is 0 Å². The molecule has 5 unspecified atom stereocenters. The Hall–Kier alpha value is -3.01. The molecule has 5 atom stereocenters. The second kappa shape index (κ2) is 59.3. The summed E-state index contributed by atoms with van der Waals surface area (Å²) in [5.74, 6) is -1.59. The first-order valence-corrected chi connectivity index (χ1v) is 35.2. The number of aliphatic hydroxyl groups excluding tert-OH is 2. The normalized spacial score (nSPS) is 14.8. The molecule has 0 spiro atoms. The first-order chi connectivity index (χ1) is 40.2. The molecule has 18 heteroatoms. The first-order valence-electron chi connectivity index (χ1n) is 32.2. The van der Waals surface area contributed by atoms with Gasteiger partial charge in [-0.3, -0.25) is 32.5 Å². The van der Waals surface area contributed by atoms with E-state index in [2.05, 4.69) is 93.7 Å². The lowest BCUT2D eigenvalue weighted by atomic mass is 10.0. The smallest absolute Gasteiger partial charge is 0.463 e. The highest BCUT2D eigenvalue weighted by Gasteiger charge is 2.29. The van der Waals surface area contributed by atoms with Crippen LogP contribution in [-0.2, 0) is 55.8 Å². The lowest BCUT2D eigenvalue weighted by Crippen LogP contribution is -2.30. The standard InChI is InChI=1S/C65H116O16P2/c1-4-7-10-13-16-19-22-25-27-29-31-34-36-39-42-45-48-51-63(68)75-54-60(66)55-77-82(71,72)78-56-61(67)57-79-83(73,74)80-59-62(81-65(70)53-50-47-44-41-38-33-24-21-18-15-12-9-6-3)58-76-64(69)52-49-46-43-40-37-35-32-30-28-26-23-20-17-14-11-8-5-2/h7-8,10-11,16-17,19-20,25-28,60-62,66-67H,4-6,9,12-15,18,21-24,29-59H2,1-3H3,(H,71,72)(H,73,74)/b10-7-,11-8-,19-16-,20-17-,27-25-,28-26-. The Morgan fingerprint density at radius 3 is 1.01 bits per heavy atom. The lowest BCUT2D eigenvalue weighted by Gasteiger charge is -2.21. The van der Waals surface area contributed by atoms with E-state index >= 15 is 0 Å². The van der Waals surface area contributed by atoms with Crippen molar-refractivity contribution >= 4 is 33.6 Å². The van der Waals surface area contributed by atoms with Gasteiger partial charge in [0.2, 0.25) is 0 Å². The maximum atomic E-state index is 12.9. The molecule has 0 aromatic rings. The van der Waals surface area contributed by atoms with Crippen LogP contribution in [0.15, 0.2) is 72.9 Å². The zero-order valence-corrected chi connectivity index (χ0v) is 53.6. The van der Waals surface area contributed by atoms with Crippen LogP contribution in [0.5, 0.6) is 0 Å². The van der Waals surface area contributed by atoms with Crippen LogP contribution in [-0.4, -0.2) is 95.9 Å². The average Bonchev–Trinajstić information content (AvgIpc) is 3.46. The number of phosphoric acid groups is 2. The zero-order valence-electron chi connectivity index (χ0n) is 51.9. The minimum atomic E-state index is -4.92. The summed E-state index contributed by atoms with van der Waals surface area (Å²) in [6, 6.07) is 0. The third-order valence-corrected chi connectivity index (χ3v) is 15.3. The van der Waals surface area contributed by atoms with E-state index < -0.39 is 91.5 Å². The van der Waals surface area contributed by atoms with Gasteiger partial charge in [-0.15, -0.1) is 0 Å². The second-order valence-electron chi connectivity index (χ2n) is 21.5. The van der Waals surface area contributed by atoms with Crippen molar-refractivity contribution in [3.05, 3.63) is 72.9 Å². The summed E-state index contributed by atoms with van der Waals surface area (Å²) in [5, 5.41) is 20.5. The molecule has 0 rings (SSSR count). The molecule has 83 heavy (non-hydrogen) atoms. The van der Waals surface area contributed by atoms with Crippen LogP contribution in [0.25, 0.3) is 0 Å². The van der Waals surface area contributed by atoms with Gasteiger partial charge in [0, 0.05) is 19.3 Å². The summed E-state index contributed by atoms with van der Waals surface area (Å²) in [6.45, 7) is 2.43. The molecule has 482 valence electrons. The van der Waals surface area contributed by atoms with Crippen molar-refractivity contribution in [2.45, 2.75) is 283 Å². The van der Waals surface area contributed by atoms with E-state index in [0.29, 0.717) is 19.3 Å². The highest BCUT2D eigenvalue weighted by atomic mass is 31.2. The molecule has 16 nitrogen and oxygen atoms in total. The maximum absolute atomic E-state index is 12.9. The number of phosphoric ester groups is 2. The Bertz CT molecular complexity index is 1820. The number of esters is 3. The predicted octanol–water partition coefficient (Wildman–Crippen LogP) is 17.2. The molecule has 0 aromatic heterocycles. The summed E-state index contributed by atoms with van der Waals surface area (Å²) in [7, 11) is -9.76. The van der Waals surface area contributed by atoms with Crippen LogP contribution in [0.1, 0.15) is 265 Å². The SMILES string of the molecule is CC/C=C\C/C=C\C/C=C\CCCCCCCCCC(=O)OCC(O)COP(=O)(O)OCC(O)COP(=O)(O)OCC(COC(=O)CCCCCCCCC/C=C\C/C=C\C/C=C\CC)OC(=O)CCCCCCCCCCCCCCC. The molecule has 0 saturated carbocycles. The fourth-order valence-corrected chi connectivity index (χ4v) is 10.1. The molecule has 0 radical (unpaired) electrons. The summed E-state index contributed by atoms with van der Waals surface area (Å²) in [6.07, 6.45) is 59.6. The average molecular weight is 1220 g/mol. The number of ether oxygens (including phenoxy) is 3. The molecule has 0 aliphatic heterocycles. The number of hydrogen-bond donors (Lipinski definition) is 4. The Labute approximate surface area is 503 Å². The summed E-state index contributed by atoms with van der Waals surface area (Å²) < 4.78 is 60.8. The predicted molar refractivity (Wildman–Crippen MR) is 335 cm³/mol. The molecular formula is C65H116O16P2. The summed E-state index contributed by atoms with van der Waals surface area (Å²) in [4.78, 5) is 58.2. The van der Waals surface area contributed by atoms with E-state index in [1.807, 2.05) is 0 Å². The minimum absolute atomic E-state index is 0.106. The Kier molecular flexibility index (Phi) is 57.2. The van der Waals surface area contributed by atoms with Gasteiger partial charge in [0.05, 0.1) is 26.4 Å². The van der Waals surface area contributed by atoms with E-state index in [0.717, 1.165) is 154 Å². The number of hydrogen-bond acceptors (Lipinski definition) is 14. The number of rotatable bonds is 61. The molecular weight excluding hydrogens is 1100 g/mol. The highest BCUT2D eigenvalue weighted by molar-refractivity contribution is 7.47. The van der Waals surface area contributed by atoms with Crippen LogP contribution >= 0.6 is 15.6 Å². The van der Waals surface area contributed by atoms with Crippen molar-refractivity contribution in [1.82, 2.24) is 0 Å². The molecule has 0 amide bonds. The number of carbonyl (C=O) groups excluding carboxylic acids is 3. The van der Waals surface area contributed by atoms with Gasteiger partial charge >= 0.3 is 33.6 Å². The van der Waals surface area contributed by atoms with Crippen LogP contribution < -0.4 is 0 Å². The first kappa shape index (κ1) is 80.0. The molecule has 0 bridgehead atoms. The van der Waals surface area contributed by atoms with Crippen molar-refractivity contribution < 1.29 is 75.8 Å². The molecule has 0 heterocycles. The molecule has 0 aliphatic rings. The van der Waals surface area contributed by atoms with Crippen LogP contribution in [0.3, 0.4) is 0 Å². The van der Waals surface area contributed by atoms with Gasteiger partial charge in [-0.2, -0.15) is 0 Å². The van der Waals surface area contributed by atoms with E-state index in [1.54, 1.807) is 0 Å². The van der Waals surface area contributed by atoms with Gasteiger partial charge in [-0.25, -0.2) is 9.13 Å². The van der Waals surface area contributed by atoms with Crippen LogP contribution in [0.4, 0.5) is 0 Å². The van der Waals surface area contributed by atoms with Gasteiger partial charge < -0.3 is 34.2 Å². The molecule has 0 saturated heterocycles. The highest BCUT2D eigenvalue weighted by Crippen LogP contribution is 2.45. The topological polar surface area (TPSA) is 231 Å². The Balaban J connectivity index is 4.67. The van der Waals surface area contributed by atoms with Gasteiger partial charge in [0.1, 0.15) is 25.4 Å². The third kappa shape index (κ3) is 60.5. The minimum Gasteiger partial charge on any atom is -0.463 e. The van der Waals surface area contributed by atoms with Crippen LogP contribution in [0, 0.1) is 0 Å². The van der Waals surface area contributed by atoms with E-state index in [1.165, 1.54) is 51.4 Å². The monoisotopic (exact) mass is 1210 g/mol. The fourth-order valence-electron chi connectivity index (χ4n) is 8.54. The Morgan fingerprint density at radius 2 is 0.639 bits per heavy atom. The number of carbonyl (C=O) groups is 3. The fraction of sp³-hybridized carbons (Fsp3) is 0.769. The van der Waals surface area contributed by atoms with E-state index in [4.69, 9.17) is 32.3 Å². The number of unbranched alkanes of at least 4 members (excludes halogenated alkanes) is 26. The van der Waals surface area contributed by atoms with E-state index in [-0.39, 0.29) is 19.3 Å². The quantitative estimate of drug-likeness (QED) is 0.0146. The lowest BCUT2D eigenvalue weighted by molar-refractivity contribution is -0.161. The van der Waals surface area contributed by atoms with Gasteiger partial charge in [0.25, 0.3) is 0 Å². The summed E-state index contributed by atoms with van der Waals surface area (Å²) in [5.41, 5.74) is 0. The second-order valence-corrected chi connectivity index (χ2v) is 24.4. The molecule has 0 aromatic carbocycles. The largest absolute Gasteiger partial charge is 0.472 e.